The first-order valence-electron chi connectivity index (χ1n) is 6.30. The number of rotatable bonds is 4. The van der Waals surface area contributed by atoms with Crippen molar-refractivity contribution in [2.45, 2.75) is 13.5 Å². The molecule has 0 amide bonds. The quantitative estimate of drug-likeness (QED) is 0.347. The number of nitrogens with zero attached hydrogens (tertiary/aromatic N) is 1. The normalized spacial score (nSPS) is 10.1. The number of carbonyl (C=O) groups is 1. The number of ether oxygens (including phenoxy) is 2. The molecule has 0 fully saturated rings. The van der Waals surface area contributed by atoms with Gasteiger partial charge >= 0.3 is 11.8 Å². The monoisotopic (exact) mass is 365 g/mol. The molecular weight excluding hydrogens is 354 g/mol. The van der Waals surface area contributed by atoms with Gasteiger partial charge in [0.05, 0.1) is 9.40 Å². The smallest absolute Gasteiger partial charge is 0.429 e. The second-order valence-electron chi connectivity index (χ2n) is 4.48. The van der Waals surface area contributed by atoms with Crippen molar-refractivity contribution in [3.63, 3.8) is 0 Å². The molecule has 22 heavy (non-hydrogen) atoms. The number of aryl methyl sites for hydroxylation is 1. The third kappa shape index (κ3) is 4.05. The highest BCUT2D eigenvalue weighted by molar-refractivity contribution is 9.10. The van der Waals surface area contributed by atoms with Crippen molar-refractivity contribution in [1.82, 2.24) is 0 Å². The van der Waals surface area contributed by atoms with Crippen molar-refractivity contribution in [2.75, 3.05) is 0 Å². The Kier molecular flexibility index (Phi) is 5.11. The van der Waals surface area contributed by atoms with Crippen molar-refractivity contribution in [3.8, 4) is 5.75 Å². The Morgan fingerprint density at radius 1 is 1.27 bits per heavy atom. The van der Waals surface area contributed by atoms with E-state index in [1.165, 1.54) is 6.07 Å². The predicted molar refractivity (Wildman–Crippen MR) is 82.8 cm³/mol. The van der Waals surface area contributed by atoms with Crippen molar-refractivity contribution in [1.29, 1.82) is 0 Å². The van der Waals surface area contributed by atoms with Gasteiger partial charge in [0.25, 0.3) is 0 Å². The van der Waals surface area contributed by atoms with Crippen molar-refractivity contribution in [3.05, 3.63) is 68.2 Å². The molecule has 0 aromatic heterocycles. The SMILES string of the molecule is Cc1cc(Br)c(OC(=O)OCc2ccccc2)c([N+](=O)[O-])c1. The lowest BCUT2D eigenvalue weighted by molar-refractivity contribution is -0.385. The molecule has 6 nitrogen and oxygen atoms in total. The number of nitro groups is 1. The molecule has 114 valence electrons. The largest absolute Gasteiger partial charge is 0.514 e. The van der Waals surface area contributed by atoms with Crippen LogP contribution in [0.25, 0.3) is 0 Å². The fraction of sp³-hybridized carbons (Fsp3) is 0.133. The molecular formula is C15H12BrNO5. The van der Waals surface area contributed by atoms with Gasteiger partial charge in [-0.05, 0) is 40.0 Å². The molecule has 2 rings (SSSR count). The second kappa shape index (κ2) is 7.04. The molecule has 0 spiro atoms. The minimum absolute atomic E-state index is 0.0248. The number of nitro benzene ring substituents is 1. The van der Waals surface area contributed by atoms with E-state index in [4.69, 9.17) is 9.47 Å². The topological polar surface area (TPSA) is 78.7 Å². The molecule has 0 aliphatic carbocycles. The number of carbonyl (C=O) groups excluding carboxylic acids is 1. The highest BCUT2D eigenvalue weighted by Crippen LogP contribution is 2.36. The fourth-order valence-corrected chi connectivity index (χ4v) is 2.42. The van der Waals surface area contributed by atoms with Crippen molar-refractivity contribution in [2.24, 2.45) is 0 Å². The summed E-state index contributed by atoms with van der Waals surface area (Å²) >= 11 is 3.15. The minimum Gasteiger partial charge on any atom is -0.429 e. The first-order valence-corrected chi connectivity index (χ1v) is 7.09. The van der Waals surface area contributed by atoms with Gasteiger partial charge < -0.3 is 9.47 Å². The van der Waals surface area contributed by atoms with Crippen LogP contribution in [-0.2, 0) is 11.3 Å². The molecule has 0 radical (unpaired) electrons. The Labute approximate surface area is 134 Å². The van der Waals surface area contributed by atoms with Crippen LogP contribution in [0.1, 0.15) is 11.1 Å². The Hall–Kier alpha value is -2.41. The highest BCUT2D eigenvalue weighted by Gasteiger charge is 2.22. The second-order valence-corrected chi connectivity index (χ2v) is 5.33. The van der Waals surface area contributed by atoms with Crippen molar-refractivity contribution >= 4 is 27.8 Å². The first-order chi connectivity index (χ1) is 10.5. The summed E-state index contributed by atoms with van der Waals surface area (Å²) in [5.41, 5.74) is 1.16. The van der Waals surface area contributed by atoms with E-state index in [0.29, 0.717) is 10.0 Å². The van der Waals surface area contributed by atoms with E-state index in [1.807, 2.05) is 18.2 Å². The maximum Gasteiger partial charge on any atom is 0.514 e. The van der Waals surface area contributed by atoms with E-state index in [0.717, 1.165) is 5.56 Å². The van der Waals surface area contributed by atoms with E-state index in [9.17, 15) is 14.9 Å². The lowest BCUT2D eigenvalue weighted by Gasteiger charge is -2.08. The van der Waals surface area contributed by atoms with Gasteiger partial charge in [0.1, 0.15) is 6.61 Å². The van der Waals surface area contributed by atoms with Crippen LogP contribution in [0.5, 0.6) is 5.75 Å². The number of hydrogen-bond acceptors (Lipinski definition) is 5. The van der Waals surface area contributed by atoms with Crippen LogP contribution in [0.15, 0.2) is 46.9 Å². The lowest BCUT2D eigenvalue weighted by Crippen LogP contribution is -2.12. The number of halogens is 1. The van der Waals surface area contributed by atoms with Gasteiger partial charge in [-0.15, -0.1) is 0 Å². The average molecular weight is 366 g/mol. The molecule has 0 aliphatic heterocycles. The van der Waals surface area contributed by atoms with Crippen LogP contribution in [0.2, 0.25) is 0 Å². The van der Waals surface area contributed by atoms with Crippen LogP contribution in [0, 0.1) is 17.0 Å². The van der Waals surface area contributed by atoms with E-state index in [1.54, 1.807) is 25.1 Å². The van der Waals surface area contributed by atoms with Gasteiger partial charge in [0.15, 0.2) is 0 Å². The number of hydrogen-bond donors (Lipinski definition) is 0. The van der Waals surface area contributed by atoms with Crippen LogP contribution >= 0.6 is 15.9 Å². The van der Waals surface area contributed by atoms with Gasteiger partial charge in [0.2, 0.25) is 5.75 Å². The zero-order chi connectivity index (χ0) is 16.1. The summed E-state index contributed by atoms with van der Waals surface area (Å²) in [4.78, 5) is 22.1. The molecule has 0 heterocycles. The molecule has 2 aromatic rings. The number of benzene rings is 2. The Balaban J connectivity index is 2.10. The van der Waals surface area contributed by atoms with Gasteiger partial charge in [-0.1, -0.05) is 30.3 Å². The van der Waals surface area contributed by atoms with E-state index >= 15 is 0 Å². The van der Waals surface area contributed by atoms with Crippen LogP contribution in [-0.4, -0.2) is 11.1 Å². The Morgan fingerprint density at radius 2 is 1.95 bits per heavy atom. The van der Waals surface area contributed by atoms with Gasteiger partial charge in [-0.25, -0.2) is 4.79 Å². The third-order valence-corrected chi connectivity index (χ3v) is 3.34. The molecule has 0 saturated heterocycles. The zero-order valence-corrected chi connectivity index (χ0v) is 13.2. The van der Waals surface area contributed by atoms with Gasteiger partial charge in [0, 0.05) is 6.07 Å². The molecule has 0 atom stereocenters. The van der Waals surface area contributed by atoms with Crippen molar-refractivity contribution < 1.29 is 19.2 Å². The molecule has 0 bridgehead atoms. The molecule has 2 aromatic carbocycles. The summed E-state index contributed by atoms with van der Waals surface area (Å²) in [5, 5.41) is 11.0. The zero-order valence-electron chi connectivity index (χ0n) is 11.6. The molecule has 0 saturated carbocycles. The van der Waals surface area contributed by atoms with Crippen LogP contribution in [0.3, 0.4) is 0 Å². The maximum atomic E-state index is 11.7. The fourth-order valence-electron chi connectivity index (χ4n) is 1.78. The summed E-state index contributed by atoms with van der Waals surface area (Å²) in [6.45, 7) is 1.73. The summed E-state index contributed by atoms with van der Waals surface area (Å²) in [5.74, 6) is -0.173. The van der Waals surface area contributed by atoms with E-state index in [2.05, 4.69) is 15.9 Å². The maximum absolute atomic E-state index is 11.7. The predicted octanol–water partition coefficient (Wildman–Crippen LogP) is 4.38. The van der Waals surface area contributed by atoms with Gasteiger partial charge in [-0.3, -0.25) is 10.1 Å². The molecule has 7 heteroatoms. The summed E-state index contributed by atoms with van der Waals surface area (Å²) < 4.78 is 10.2. The average Bonchev–Trinajstić information content (AvgIpc) is 2.48. The minimum atomic E-state index is -1.00. The standard InChI is InChI=1S/C15H12BrNO5/c1-10-7-12(16)14(13(8-10)17(19)20)22-15(18)21-9-11-5-3-2-4-6-11/h2-8H,9H2,1H3. The first kappa shape index (κ1) is 16.0. The highest BCUT2D eigenvalue weighted by atomic mass is 79.9. The summed E-state index contributed by atoms with van der Waals surface area (Å²) in [6.07, 6.45) is -1.00. The third-order valence-electron chi connectivity index (χ3n) is 2.75. The van der Waals surface area contributed by atoms with E-state index in [-0.39, 0.29) is 18.0 Å². The Bertz CT molecular complexity index is 703. The lowest BCUT2D eigenvalue weighted by atomic mass is 10.2. The van der Waals surface area contributed by atoms with Crippen LogP contribution in [0.4, 0.5) is 10.5 Å². The summed E-state index contributed by atoms with van der Waals surface area (Å²) in [7, 11) is 0. The Morgan fingerprint density at radius 3 is 2.59 bits per heavy atom. The van der Waals surface area contributed by atoms with E-state index < -0.39 is 11.1 Å². The molecule has 0 aliphatic rings. The van der Waals surface area contributed by atoms with Gasteiger partial charge in [-0.2, -0.15) is 0 Å². The van der Waals surface area contributed by atoms with Crippen LogP contribution < -0.4 is 4.74 Å². The summed E-state index contributed by atoms with van der Waals surface area (Å²) in [6, 6.07) is 12.0. The molecule has 0 N–H and O–H groups in total. The molecule has 0 unspecified atom stereocenters.